The van der Waals surface area contributed by atoms with Crippen molar-refractivity contribution in [3.05, 3.63) is 87.5 Å². The van der Waals surface area contributed by atoms with Crippen LogP contribution in [0, 0.1) is 11.8 Å². The summed E-state index contributed by atoms with van der Waals surface area (Å²) in [5.41, 5.74) is 2.72. The van der Waals surface area contributed by atoms with Crippen molar-refractivity contribution >= 4 is 75.1 Å². The Kier molecular flexibility index (Phi) is 12.4. The van der Waals surface area contributed by atoms with Crippen molar-refractivity contribution in [2.75, 3.05) is 18.4 Å². The van der Waals surface area contributed by atoms with Crippen LogP contribution in [0.2, 0.25) is 4.47 Å². The Morgan fingerprint density at radius 3 is 2.30 bits per heavy atom. The van der Waals surface area contributed by atoms with Crippen molar-refractivity contribution in [2.45, 2.75) is 89.1 Å². The van der Waals surface area contributed by atoms with Crippen molar-refractivity contribution in [1.82, 2.24) is 20.1 Å². The number of amides is 4. The molecule has 4 aliphatic rings. The second-order valence-corrected chi connectivity index (χ2v) is 17.3. The largest absolute Gasteiger partial charge is 0.329 e. The molecule has 0 bridgehead atoms. The number of hydrogen-bond donors (Lipinski definition) is 2. The quantitative estimate of drug-likeness (QED) is 0.244. The highest BCUT2D eigenvalue weighted by Crippen LogP contribution is 2.36. The number of halogens is 1. The smallest absolute Gasteiger partial charge is 0.274 e. The highest BCUT2D eigenvalue weighted by atomic mass is 35.5. The van der Waals surface area contributed by atoms with E-state index in [4.69, 9.17) is 11.6 Å². The summed E-state index contributed by atoms with van der Waals surface area (Å²) in [5, 5.41) is 6.85. The van der Waals surface area contributed by atoms with Gasteiger partial charge in [0, 0.05) is 34.6 Å². The Balaban J connectivity index is 0.988. The first-order valence-corrected chi connectivity index (χ1v) is 20.4. The molecule has 5 atom stereocenters. The zero-order valence-corrected chi connectivity index (χ0v) is 33.0. The lowest BCUT2D eigenvalue weighted by atomic mass is 9.97. The normalized spacial score (nSPS) is 24.2. The number of aromatic nitrogens is 1. The molecule has 1 aliphatic carbocycles. The third-order valence-electron chi connectivity index (χ3n) is 10.0. The van der Waals surface area contributed by atoms with E-state index in [2.05, 4.69) is 53.2 Å². The monoisotopic (exact) mass is 774 g/mol. The van der Waals surface area contributed by atoms with Crippen molar-refractivity contribution in [2.24, 2.45) is 16.8 Å². The molecule has 4 amide bonds. The molecule has 3 aliphatic heterocycles. The van der Waals surface area contributed by atoms with Gasteiger partial charge in [0.05, 0.1) is 5.04 Å². The molecule has 2 fully saturated rings. The molecular formula is C40H47ClN6O4S2. The van der Waals surface area contributed by atoms with Gasteiger partial charge in [-0.2, -0.15) is 0 Å². The van der Waals surface area contributed by atoms with Gasteiger partial charge < -0.3 is 20.4 Å². The molecule has 13 heteroatoms. The molecule has 6 rings (SSSR count). The lowest BCUT2D eigenvalue weighted by Crippen LogP contribution is -2.50. The lowest BCUT2D eigenvalue weighted by Gasteiger charge is -2.29. The van der Waals surface area contributed by atoms with Crippen LogP contribution in [0.5, 0.6) is 0 Å². The van der Waals surface area contributed by atoms with E-state index in [0.717, 1.165) is 40.4 Å². The average Bonchev–Trinajstić information content (AvgIpc) is 3.97. The fourth-order valence-electron chi connectivity index (χ4n) is 7.22. The van der Waals surface area contributed by atoms with Crippen LogP contribution in [0.15, 0.2) is 71.9 Å². The number of thiazole rings is 1. The zero-order valence-electron chi connectivity index (χ0n) is 30.6. The fourth-order valence-corrected chi connectivity index (χ4v) is 9.46. The third kappa shape index (κ3) is 8.87. The number of hydrogen-bond acceptors (Lipinski definition) is 8. The van der Waals surface area contributed by atoms with Gasteiger partial charge in [0.25, 0.3) is 5.91 Å². The van der Waals surface area contributed by atoms with E-state index in [1.165, 1.54) is 11.3 Å². The molecule has 1 aromatic carbocycles. The molecule has 0 saturated carbocycles. The summed E-state index contributed by atoms with van der Waals surface area (Å²) in [4.78, 5) is 66.8. The van der Waals surface area contributed by atoms with Gasteiger partial charge in [-0.15, -0.1) is 23.1 Å². The standard InChI is InChI=1S/C40H47ClN6O4S2/c1-6-31-44-32(34(52-31)23(2)3)38(50)46-21-7-9-29(46)36(48)42-27-17-13-25(14-18-27)11-12-26-15-19-28(20-16-26)43-37(49)30-10-8-22-47(30)39(51)33-35(24(4)5)53-40(41)45-33/h6,11-13,15-20,23-25,29-30,32,34H,1,7-10,14,21-22H2,2-5H3,(H,42,48)(H,43,49)/b12-11+/t25?,29-,30-,32?,34?/m0/s1. The van der Waals surface area contributed by atoms with Crippen molar-refractivity contribution in [1.29, 1.82) is 0 Å². The zero-order chi connectivity index (χ0) is 37.8. The van der Waals surface area contributed by atoms with Gasteiger partial charge >= 0.3 is 0 Å². The van der Waals surface area contributed by atoms with Crippen LogP contribution in [0.3, 0.4) is 0 Å². The molecule has 53 heavy (non-hydrogen) atoms. The van der Waals surface area contributed by atoms with E-state index in [1.807, 2.05) is 56.3 Å². The van der Waals surface area contributed by atoms with Gasteiger partial charge in [0.15, 0.2) is 4.47 Å². The van der Waals surface area contributed by atoms with E-state index in [1.54, 1.807) is 27.6 Å². The molecule has 1 aromatic heterocycles. The summed E-state index contributed by atoms with van der Waals surface area (Å²) < 4.78 is 0.329. The molecule has 4 heterocycles. The van der Waals surface area contributed by atoms with Crippen LogP contribution in [-0.4, -0.2) is 79.9 Å². The minimum Gasteiger partial charge on any atom is -0.329 e. The van der Waals surface area contributed by atoms with Gasteiger partial charge in [-0.1, -0.05) is 82.3 Å². The van der Waals surface area contributed by atoms with Crippen LogP contribution < -0.4 is 10.6 Å². The van der Waals surface area contributed by atoms with Gasteiger partial charge in [0.1, 0.15) is 23.8 Å². The minimum atomic E-state index is -0.572. The number of allylic oxidation sites excluding steroid dienone is 4. The Morgan fingerprint density at radius 1 is 0.981 bits per heavy atom. The molecule has 0 radical (unpaired) electrons. The first-order chi connectivity index (χ1) is 25.4. The number of nitrogens with zero attached hydrogens (tertiary/aromatic N) is 4. The summed E-state index contributed by atoms with van der Waals surface area (Å²) >= 11 is 9.05. The molecule has 2 N–H and O–H groups in total. The number of carbonyl (C=O) groups excluding carboxylic acids is 4. The van der Waals surface area contributed by atoms with Gasteiger partial charge in [-0.3, -0.25) is 24.2 Å². The summed E-state index contributed by atoms with van der Waals surface area (Å²) in [6.07, 6.45) is 15.3. The molecule has 2 saturated heterocycles. The molecule has 2 aromatic rings. The number of thioether (sulfide) groups is 1. The summed E-state index contributed by atoms with van der Waals surface area (Å²) in [6.45, 7) is 13.1. The SMILES string of the molecule is C=CC1=NC(C(=O)N2CCC[C@H]2C(=O)NC2=CCC(/C=C/c3ccc(NC(=O)[C@@H]4CCCN4C(=O)c4nc(Cl)sc4C(C)C)cc3)C=C2)C(C(C)C)S1. The highest BCUT2D eigenvalue weighted by molar-refractivity contribution is 8.15. The maximum Gasteiger partial charge on any atom is 0.274 e. The molecule has 10 nitrogen and oxygen atoms in total. The van der Waals surface area contributed by atoms with Gasteiger partial charge in [-0.25, -0.2) is 4.98 Å². The second kappa shape index (κ2) is 17.0. The van der Waals surface area contributed by atoms with Crippen LogP contribution in [0.25, 0.3) is 6.08 Å². The van der Waals surface area contributed by atoms with E-state index in [-0.39, 0.29) is 46.6 Å². The summed E-state index contributed by atoms with van der Waals surface area (Å²) in [7, 11) is 0. The number of aliphatic imine (C=N–C) groups is 1. The van der Waals surface area contributed by atoms with Crippen LogP contribution in [0.4, 0.5) is 5.69 Å². The number of benzene rings is 1. The Morgan fingerprint density at radius 2 is 1.66 bits per heavy atom. The van der Waals surface area contributed by atoms with Crippen molar-refractivity contribution in [3.63, 3.8) is 0 Å². The van der Waals surface area contributed by atoms with E-state index >= 15 is 0 Å². The summed E-state index contributed by atoms with van der Waals surface area (Å²) in [5.74, 6) is -0.191. The number of likely N-dealkylation sites (tertiary alicyclic amines) is 2. The number of rotatable bonds is 11. The third-order valence-corrected chi connectivity index (χ3v) is 13.1. The molecule has 3 unspecified atom stereocenters. The van der Waals surface area contributed by atoms with E-state index in [0.29, 0.717) is 41.8 Å². The fraction of sp³-hybridized carbons (Fsp3) is 0.450. The minimum absolute atomic E-state index is 0.0354. The molecule has 280 valence electrons. The lowest BCUT2D eigenvalue weighted by molar-refractivity contribution is -0.139. The molecular weight excluding hydrogens is 728 g/mol. The Bertz CT molecular complexity index is 1870. The predicted molar refractivity (Wildman–Crippen MR) is 215 cm³/mol. The van der Waals surface area contributed by atoms with Gasteiger partial charge in [0.2, 0.25) is 17.7 Å². The highest BCUT2D eigenvalue weighted by Gasteiger charge is 2.43. The van der Waals surface area contributed by atoms with Crippen LogP contribution in [0.1, 0.15) is 86.6 Å². The number of carbonyl (C=O) groups is 4. The van der Waals surface area contributed by atoms with Crippen LogP contribution in [-0.2, 0) is 14.4 Å². The summed E-state index contributed by atoms with van der Waals surface area (Å²) in [6, 6.07) is 6.02. The van der Waals surface area contributed by atoms with Crippen molar-refractivity contribution < 1.29 is 19.2 Å². The van der Waals surface area contributed by atoms with Crippen molar-refractivity contribution in [3.8, 4) is 0 Å². The maximum absolute atomic E-state index is 13.6. The van der Waals surface area contributed by atoms with E-state index in [9.17, 15) is 19.2 Å². The van der Waals surface area contributed by atoms with Gasteiger partial charge in [-0.05, 0) is 79.7 Å². The first kappa shape index (κ1) is 38.7. The Labute approximate surface area is 324 Å². The Hall–Kier alpha value is -4.00. The number of nitrogens with one attached hydrogen (secondary N) is 2. The second-order valence-electron chi connectivity index (χ2n) is 14.5. The van der Waals surface area contributed by atoms with Crippen LogP contribution >= 0.6 is 34.7 Å². The predicted octanol–water partition coefficient (Wildman–Crippen LogP) is 7.47. The average molecular weight is 775 g/mol. The molecule has 0 spiro atoms. The van der Waals surface area contributed by atoms with E-state index < -0.39 is 18.1 Å². The number of anilines is 1. The topological polar surface area (TPSA) is 124 Å². The maximum atomic E-state index is 13.6. The first-order valence-electron chi connectivity index (χ1n) is 18.4.